The second-order valence-corrected chi connectivity index (χ2v) is 7.70. The van der Waals surface area contributed by atoms with Gasteiger partial charge in [0.2, 0.25) is 0 Å². The molecule has 90 valence electrons. The number of hydrogen-bond acceptors (Lipinski definition) is 4. The Morgan fingerprint density at radius 2 is 1.93 bits per heavy atom. The van der Waals surface area contributed by atoms with Crippen molar-refractivity contribution in [1.29, 1.82) is 0 Å². The van der Waals surface area contributed by atoms with E-state index in [1.807, 2.05) is 0 Å². The topological polar surface area (TPSA) is 92.3 Å². The van der Waals surface area contributed by atoms with E-state index in [1.54, 1.807) is 13.8 Å². The molecule has 0 aromatic carbocycles. The maximum atomic E-state index is 11.4. The standard InChI is InChI=1S/C7H16N2O4S2/c1-6(2)8-15(12,13)9-7-3-4-14(10,11)5-7/h6-9H,3-5H2,1-2H3. The monoisotopic (exact) mass is 256 g/mol. The van der Waals surface area contributed by atoms with Gasteiger partial charge in [-0.25, -0.2) is 8.42 Å². The van der Waals surface area contributed by atoms with Crippen LogP contribution in [0, 0.1) is 0 Å². The second kappa shape index (κ2) is 4.36. The fourth-order valence-corrected chi connectivity index (χ4v) is 4.56. The van der Waals surface area contributed by atoms with E-state index in [4.69, 9.17) is 0 Å². The largest absolute Gasteiger partial charge is 0.277 e. The zero-order valence-corrected chi connectivity index (χ0v) is 10.4. The summed E-state index contributed by atoms with van der Waals surface area (Å²) in [5.74, 6) is -0.0477. The Bertz CT molecular complexity index is 412. The highest BCUT2D eigenvalue weighted by Crippen LogP contribution is 2.11. The van der Waals surface area contributed by atoms with Gasteiger partial charge in [-0.3, -0.25) is 0 Å². The van der Waals surface area contributed by atoms with Crippen molar-refractivity contribution in [3.8, 4) is 0 Å². The minimum absolute atomic E-state index is 0.0574. The van der Waals surface area contributed by atoms with E-state index in [2.05, 4.69) is 9.44 Å². The molecule has 1 saturated heterocycles. The van der Waals surface area contributed by atoms with Gasteiger partial charge < -0.3 is 0 Å². The van der Waals surface area contributed by atoms with E-state index in [0.717, 1.165) is 0 Å². The van der Waals surface area contributed by atoms with Gasteiger partial charge in [0, 0.05) is 12.1 Å². The van der Waals surface area contributed by atoms with Crippen molar-refractivity contribution < 1.29 is 16.8 Å². The van der Waals surface area contributed by atoms with Crippen molar-refractivity contribution in [2.75, 3.05) is 11.5 Å². The SMILES string of the molecule is CC(C)NS(=O)(=O)NC1CCS(=O)(=O)C1. The van der Waals surface area contributed by atoms with Gasteiger partial charge in [0.1, 0.15) is 0 Å². The van der Waals surface area contributed by atoms with Crippen LogP contribution < -0.4 is 9.44 Å². The molecule has 0 bridgehead atoms. The Morgan fingerprint density at radius 1 is 1.33 bits per heavy atom. The molecule has 6 nitrogen and oxygen atoms in total. The molecule has 1 aliphatic rings. The molecule has 1 unspecified atom stereocenters. The van der Waals surface area contributed by atoms with Crippen molar-refractivity contribution in [2.45, 2.75) is 32.4 Å². The van der Waals surface area contributed by atoms with E-state index in [9.17, 15) is 16.8 Å². The molecule has 15 heavy (non-hydrogen) atoms. The maximum Gasteiger partial charge on any atom is 0.277 e. The average Bonchev–Trinajstić information content (AvgIpc) is 2.25. The molecule has 0 aliphatic carbocycles. The van der Waals surface area contributed by atoms with Crippen molar-refractivity contribution in [3.63, 3.8) is 0 Å². The lowest BCUT2D eigenvalue weighted by molar-refractivity contribution is 0.538. The molecule has 0 aromatic rings. The van der Waals surface area contributed by atoms with Crippen LogP contribution >= 0.6 is 0 Å². The lowest BCUT2D eigenvalue weighted by Gasteiger charge is -2.14. The van der Waals surface area contributed by atoms with Gasteiger partial charge in [-0.05, 0) is 20.3 Å². The number of sulfone groups is 1. The van der Waals surface area contributed by atoms with Gasteiger partial charge in [0.25, 0.3) is 10.2 Å². The first-order valence-electron chi connectivity index (χ1n) is 4.70. The summed E-state index contributed by atoms with van der Waals surface area (Å²) in [7, 11) is -6.63. The third kappa shape index (κ3) is 4.45. The van der Waals surface area contributed by atoms with Crippen LogP contribution in [0.1, 0.15) is 20.3 Å². The molecular weight excluding hydrogens is 240 g/mol. The summed E-state index contributed by atoms with van der Waals surface area (Å²) in [4.78, 5) is 0. The summed E-state index contributed by atoms with van der Waals surface area (Å²) < 4.78 is 49.6. The molecule has 1 fully saturated rings. The van der Waals surface area contributed by atoms with Gasteiger partial charge >= 0.3 is 0 Å². The van der Waals surface area contributed by atoms with E-state index in [-0.39, 0.29) is 17.5 Å². The minimum Gasteiger partial charge on any atom is -0.229 e. The second-order valence-electron chi connectivity index (χ2n) is 3.99. The van der Waals surface area contributed by atoms with Crippen LogP contribution in [0.3, 0.4) is 0 Å². The van der Waals surface area contributed by atoms with Crippen LogP contribution in [-0.4, -0.2) is 40.4 Å². The average molecular weight is 256 g/mol. The third-order valence-corrected chi connectivity index (χ3v) is 5.14. The first-order chi connectivity index (χ1) is 6.70. The first kappa shape index (κ1) is 12.9. The van der Waals surface area contributed by atoms with Crippen molar-refractivity contribution in [2.24, 2.45) is 0 Å². The van der Waals surface area contributed by atoms with E-state index < -0.39 is 26.1 Å². The Morgan fingerprint density at radius 3 is 2.33 bits per heavy atom. The summed E-state index contributed by atoms with van der Waals surface area (Å²) in [5, 5.41) is 0. The van der Waals surface area contributed by atoms with Crippen LogP contribution in [0.5, 0.6) is 0 Å². The molecule has 0 spiro atoms. The van der Waals surface area contributed by atoms with Gasteiger partial charge in [-0.15, -0.1) is 0 Å². The summed E-state index contributed by atoms with van der Waals surface area (Å²) in [6.45, 7) is 3.40. The molecular formula is C7H16N2O4S2. The van der Waals surface area contributed by atoms with Crippen LogP contribution in [0.15, 0.2) is 0 Å². The van der Waals surface area contributed by atoms with Crippen LogP contribution in [0.25, 0.3) is 0 Å². The normalized spacial score (nSPS) is 25.9. The zero-order valence-electron chi connectivity index (χ0n) is 8.73. The van der Waals surface area contributed by atoms with E-state index in [1.165, 1.54) is 0 Å². The fourth-order valence-electron chi connectivity index (χ4n) is 1.45. The molecule has 0 radical (unpaired) electrons. The predicted molar refractivity (Wildman–Crippen MR) is 57.4 cm³/mol. The summed E-state index contributed by atoms with van der Waals surface area (Å²) in [5.41, 5.74) is 0. The van der Waals surface area contributed by atoms with Crippen LogP contribution in [0.4, 0.5) is 0 Å². The molecule has 8 heteroatoms. The highest BCUT2D eigenvalue weighted by atomic mass is 32.2. The Balaban J connectivity index is 2.57. The quantitative estimate of drug-likeness (QED) is 0.675. The number of nitrogens with one attached hydrogen (secondary N) is 2. The lowest BCUT2D eigenvalue weighted by Crippen LogP contribution is -2.45. The highest BCUT2D eigenvalue weighted by Gasteiger charge is 2.30. The summed E-state index contributed by atoms with van der Waals surface area (Å²) >= 11 is 0. The predicted octanol–water partition coefficient (Wildman–Crippen LogP) is -0.994. The molecule has 0 aromatic heterocycles. The zero-order chi connectivity index (χ0) is 11.7. The van der Waals surface area contributed by atoms with Gasteiger partial charge in [-0.1, -0.05) is 0 Å². The van der Waals surface area contributed by atoms with E-state index in [0.29, 0.717) is 6.42 Å². The minimum atomic E-state index is -3.58. The molecule has 1 aliphatic heterocycles. The first-order valence-corrected chi connectivity index (χ1v) is 8.01. The Hall–Kier alpha value is -0.180. The smallest absolute Gasteiger partial charge is 0.229 e. The maximum absolute atomic E-state index is 11.4. The summed E-state index contributed by atoms with van der Waals surface area (Å²) in [6.07, 6.45) is 0.349. The van der Waals surface area contributed by atoms with Crippen molar-refractivity contribution in [3.05, 3.63) is 0 Å². The highest BCUT2D eigenvalue weighted by molar-refractivity contribution is 7.91. The fraction of sp³-hybridized carbons (Fsp3) is 1.00. The molecule has 1 atom stereocenters. The van der Waals surface area contributed by atoms with Gasteiger partial charge in [0.05, 0.1) is 11.5 Å². The summed E-state index contributed by atoms with van der Waals surface area (Å²) in [6, 6.07) is -0.702. The molecule has 0 amide bonds. The van der Waals surface area contributed by atoms with Gasteiger partial charge in [0.15, 0.2) is 9.84 Å². The van der Waals surface area contributed by atoms with Crippen molar-refractivity contribution in [1.82, 2.24) is 9.44 Å². The van der Waals surface area contributed by atoms with Crippen LogP contribution in [0.2, 0.25) is 0 Å². The van der Waals surface area contributed by atoms with E-state index >= 15 is 0 Å². The van der Waals surface area contributed by atoms with Gasteiger partial charge in [-0.2, -0.15) is 17.9 Å². The number of rotatable bonds is 4. The van der Waals surface area contributed by atoms with Crippen molar-refractivity contribution >= 4 is 20.0 Å². The lowest BCUT2D eigenvalue weighted by atomic mass is 10.3. The third-order valence-electron chi connectivity index (χ3n) is 1.95. The Labute approximate surface area is 90.5 Å². The Kier molecular flexibility index (Phi) is 3.75. The molecule has 2 N–H and O–H groups in total. The number of hydrogen-bond donors (Lipinski definition) is 2. The molecule has 1 heterocycles. The molecule has 1 rings (SSSR count). The molecule has 0 saturated carbocycles. The van der Waals surface area contributed by atoms with Crippen LogP contribution in [-0.2, 0) is 20.0 Å².